The summed E-state index contributed by atoms with van der Waals surface area (Å²) < 4.78 is 31.6. The number of carbonyl (C=O) groups excluding carboxylic acids is 1. The van der Waals surface area contributed by atoms with Crippen LogP contribution in [0.3, 0.4) is 0 Å². The van der Waals surface area contributed by atoms with E-state index in [1.54, 1.807) is 0 Å². The van der Waals surface area contributed by atoms with Crippen LogP contribution < -0.4 is 35.0 Å². The number of nitrogens with one attached hydrogen (secondary N) is 1. The quantitative estimate of drug-likeness (QED) is 0.378. The Morgan fingerprint density at radius 3 is 2.67 bits per heavy atom. The summed E-state index contributed by atoms with van der Waals surface area (Å²) in [7, 11) is 0. The second-order valence-electron chi connectivity index (χ2n) is 3.74. The number of rotatable bonds is 3. The molecule has 1 aliphatic rings. The maximum absolute atomic E-state index is 11.3. The Kier molecular flexibility index (Phi) is 7.69. The van der Waals surface area contributed by atoms with Crippen molar-refractivity contribution in [3.63, 3.8) is 0 Å². The van der Waals surface area contributed by atoms with Gasteiger partial charge in [-0.15, -0.1) is 0 Å². The van der Waals surface area contributed by atoms with E-state index < -0.39 is 23.2 Å². The number of hydrogen-bond acceptors (Lipinski definition) is 7. The first-order valence-corrected chi connectivity index (χ1v) is 6.33. The Balaban J connectivity index is 0.00000289. The van der Waals surface area contributed by atoms with E-state index in [2.05, 4.69) is 9.76 Å². The molecule has 0 aromatic rings. The fourth-order valence-electron chi connectivity index (χ4n) is 1.68. The van der Waals surface area contributed by atoms with Crippen LogP contribution in [0.1, 0.15) is 19.8 Å². The van der Waals surface area contributed by atoms with Gasteiger partial charge in [0, 0.05) is 24.6 Å². The molecule has 8 nitrogen and oxygen atoms in total. The zero-order chi connectivity index (χ0) is 13.1. The van der Waals surface area contributed by atoms with Crippen molar-refractivity contribution in [1.29, 1.82) is 5.26 Å². The van der Waals surface area contributed by atoms with E-state index in [0.717, 1.165) is 0 Å². The van der Waals surface area contributed by atoms with Crippen LogP contribution >= 0.6 is 11.2 Å². The average Bonchev–Trinajstić information content (AvgIpc) is 2.25. The summed E-state index contributed by atoms with van der Waals surface area (Å²) >= 11 is -4.31. The fourth-order valence-corrected chi connectivity index (χ4v) is 1.94. The van der Waals surface area contributed by atoms with E-state index in [9.17, 15) is 9.35 Å². The van der Waals surface area contributed by atoms with Gasteiger partial charge in [0.25, 0.3) is 0 Å². The van der Waals surface area contributed by atoms with E-state index in [-0.39, 0.29) is 42.0 Å². The first-order valence-electron chi connectivity index (χ1n) is 4.93. The summed E-state index contributed by atoms with van der Waals surface area (Å²) in [5.74, 6) is -0.253. The Morgan fingerprint density at radius 2 is 2.22 bits per heavy atom. The van der Waals surface area contributed by atoms with Crippen LogP contribution in [-0.2, 0) is 9.08 Å². The summed E-state index contributed by atoms with van der Waals surface area (Å²) in [5.41, 5.74) is 2.21. The molecule has 1 heterocycles. The monoisotopic (exact) mass is 287 g/mol. The predicted octanol–water partition coefficient (Wildman–Crippen LogP) is -2.79. The third-order valence-corrected chi connectivity index (χ3v) is 2.77. The summed E-state index contributed by atoms with van der Waals surface area (Å²) in [5, 5.41) is 8.83. The third-order valence-electron chi connectivity index (χ3n) is 2.46. The van der Waals surface area contributed by atoms with Crippen LogP contribution in [0.25, 0.3) is 0 Å². The zero-order valence-corrected chi connectivity index (χ0v) is 13.0. The van der Waals surface area contributed by atoms with E-state index >= 15 is 0 Å². The van der Waals surface area contributed by atoms with Crippen molar-refractivity contribution in [2.75, 3.05) is 6.54 Å². The van der Waals surface area contributed by atoms with Gasteiger partial charge in [-0.3, -0.25) is 4.79 Å². The normalized spacial score (nSPS) is 24.9. The van der Waals surface area contributed by atoms with Gasteiger partial charge in [0.15, 0.2) is 0 Å². The number of hydrogen-bond donors (Lipinski definition) is 3. The maximum Gasteiger partial charge on any atom is 1.00 e. The minimum absolute atomic E-state index is 0. The predicted molar refractivity (Wildman–Crippen MR) is 57.7 cm³/mol. The molecule has 1 amide bonds. The second-order valence-corrected chi connectivity index (χ2v) is 4.80. The van der Waals surface area contributed by atoms with Crippen LogP contribution in [-0.4, -0.2) is 43.1 Å². The summed E-state index contributed by atoms with van der Waals surface area (Å²) in [6.07, 6.45) is 0.937. The van der Waals surface area contributed by atoms with Gasteiger partial charge < -0.3 is 18.6 Å². The molecule has 0 radical (unpaired) electrons. The molecule has 0 saturated carbocycles. The molecule has 1 aliphatic heterocycles. The third kappa shape index (κ3) is 5.83. The molecule has 10 heteroatoms. The van der Waals surface area contributed by atoms with Crippen molar-refractivity contribution < 1.29 is 52.3 Å². The van der Waals surface area contributed by atoms with Gasteiger partial charge in [0.05, 0.1) is 12.1 Å². The number of carbonyl (C=O) groups is 1. The molecular formula is C8H14N3NaO5S. The van der Waals surface area contributed by atoms with Gasteiger partial charge in [-0.25, -0.2) is 4.28 Å². The number of piperidine rings is 1. The minimum Gasteiger partial charge on any atom is -0.750 e. The van der Waals surface area contributed by atoms with Crippen molar-refractivity contribution >= 4 is 17.1 Å². The second kappa shape index (κ2) is 7.64. The summed E-state index contributed by atoms with van der Waals surface area (Å²) in [6, 6.07) is 1.12. The van der Waals surface area contributed by atoms with Gasteiger partial charge >= 0.3 is 29.6 Å². The molecule has 1 saturated heterocycles. The van der Waals surface area contributed by atoms with Crippen LogP contribution in [0.2, 0.25) is 0 Å². The van der Waals surface area contributed by atoms with Crippen molar-refractivity contribution in [2.45, 2.75) is 31.8 Å². The van der Waals surface area contributed by atoms with Crippen LogP contribution in [0, 0.1) is 11.3 Å². The maximum atomic E-state index is 11.3. The topological polar surface area (TPSA) is 129 Å². The summed E-state index contributed by atoms with van der Waals surface area (Å²) in [4.78, 5) is 12.6. The smallest absolute Gasteiger partial charge is 0.750 e. The first-order chi connectivity index (χ1) is 7.83. The van der Waals surface area contributed by atoms with Gasteiger partial charge in [-0.2, -0.15) is 10.7 Å². The first kappa shape index (κ1) is 18.1. The number of nitriles is 1. The Bertz CT molecular complexity index is 332. The summed E-state index contributed by atoms with van der Waals surface area (Å²) in [6.45, 7) is 1.53. The molecule has 0 spiro atoms. The van der Waals surface area contributed by atoms with Crippen molar-refractivity contribution in [1.82, 2.24) is 10.4 Å². The molecule has 98 valence electrons. The van der Waals surface area contributed by atoms with Crippen LogP contribution in [0.5, 0.6) is 0 Å². The molecule has 0 aromatic heterocycles. The molecule has 0 bridgehead atoms. The fraction of sp³-hybridized carbons (Fsp3) is 0.750. The number of amides is 1. The van der Waals surface area contributed by atoms with Gasteiger partial charge in [0.1, 0.15) is 6.04 Å². The molecule has 2 atom stereocenters. The van der Waals surface area contributed by atoms with Crippen LogP contribution in [0.15, 0.2) is 0 Å². The van der Waals surface area contributed by atoms with Gasteiger partial charge in [0.2, 0.25) is 5.91 Å². The molecule has 3 N–H and O–H groups in total. The van der Waals surface area contributed by atoms with Crippen molar-refractivity contribution in [3.8, 4) is 6.07 Å². The Labute approximate surface area is 129 Å². The number of hydroxylamine groups is 1. The van der Waals surface area contributed by atoms with Crippen LogP contribution in [0.4, 0.5) is 0 Å². The van der Waals surface area contributed by atoms with E-state index in [4.69, 9.17) is 14.4 Å². The molecule has 18 heavy (non-hydrogen) atoms. The Morgan fingerprint density at radius 1 is 1.61 bits per heavy atom. The van der Waals surface area contributed by atoms with Crippen molar-refractivity contribution in [3.05, 3.63) is 0 Å². The molecule has 0 aromatic carbocycles. The average molecular weight is 287 g/mol. The molecular weight excluding hydrogens is 273 g/mol. The largest absolute Gasteiger partial charge is 1.00 e. The zero-order valence-electron chi connectivity index (χ0n) is 10.2. The SMILES string of the molecule is CC(=O)N1CC(NOS([O-])(O)O)CC[C@H]1C#N.[Na+]. The van der Waals surface area contributed by atoms with Gasteiger partial charge in [-0.05, 0) is 12.8 Å². The standard InChI is InChI=1S/C8H15N3O5S.Na/c1-6(12)11-5-7(2-3-8(11)4-9)10-16-17(13,14)15;/h7-8,10,13-15H,2-3,5H2,1H3;/q;+1/p-1/t7?,8-;/m0./s1. The van der Waals surface area contributed by atoms with Crippen molar-refractivity contribution in [2.24, 2.45) is 0 Å². The minimum atomic E-state index is -4.31. The molecule has 1 rings (SSSR count). The number of likely N-dealkylation sites (tertiary alicyclic amines) is 1. The van der Waals surface area contributed by atoms with E-state index in [1.165, 1.54) is 11.8 Å². The Hall–Kier alpha value is 0.110. The molecule has 1 unspecified atom stereocenters. The van der Waals surface area contributed by atoms with E-state index in [1.807, 2.05) is 6.07 Å². The number of nitrogens with zero attached hydrogens (tertiary/aromatic N) is 2. The molecule has 0 aliphatic carbocycles. The van der Waals surface area contributed by atoms with E-state index in [0.29, 0.717) is 12.8 Å². The molecule has 1 fully saturated rings. The van der Waals surface area contributed by atoms with Gasteiger partial charge in [-0.1, -0.05) is 0 Å².